The summed E-state index contributed by atoms with van der Waals surface area (Å²) in [5, 5.41) is 3.02. The summed E-state index contributed by atoms with van der Waals surface area (Å²) in [6.45, 7) is 6.66. The van der Waals surface area contributed by atoms with E-state index in [1.54, 1.807) is 13.3 Å². The van der Waals surface area contributed by atoms with Crippen molar-refractivity contribution in [1.82, 2.24) is 20.1 Å². The third-order valence-electron chi connectivity index (χ3n) is 5.82. The molecular formula is C26H30N4O2. The summed E-state index contributed by atoms with van der Waals surface area (Å²) in [5.41, 5.74) is 3.71. The summed E-state index contributed by atoms with van der Waals surface area (Å²) in [6, 6.07) is 22.0. The molecule has 1 fully saturated rings. The van der Waals surface area contributed by atoms with E-state index in [-0.39, 0.29) is 5.91 Å². The third kappa shape index (κ3) is 5.93. The first-order valence-corrected chi connectivity index (χ1v) is 11.1. The standard InChI is InChI=1S/C26H30N4O2/c1-32-24-9-5-8-22(18-24)25-11-10-23(19-28-25)26(31)27-12-13-29-14-16-30(17-15-29)20-21-6-3-2-4-7-21/h2-11,18-19H,12-17,20H2,1H3,(H,27,31). The Balaban J connectivity index is 1.20. The quantitative estimate of drug-likeness (QED) is 0.594. The van der Waals surface area contributed by atoms with E-state index in [1.165, 1.54) is 5.56 Å². The molecule has 0 bridgehead atoms. The smallest absolute Gasteiger partial charge is 0.252 e. The topological polar surface area (TPSA) is 57.7 Å². The SMILES string of the molecule is COc1cccc(-c2ccc(C(=O)NCCN3CCN(Cc4ccccc4)CC3)cn2)c1. The maximum Gasteiger partial charge on any atom is 0.252 e. The maximum atomic E-state index is 12.5. The van der Waals surface area contributed by atoms with Crippen LogP contribution in [0.1, 0.15) is 15.9 Å². The van der Waals surface area contributed by atoms with Crippen LogP contribution in [0.4, 0.5) is 0 Å². The molecule has 1 aliphatic rings. The van der Waals surface area contributed by atoms with Gasteiger partial charge in [-0.05, 0) is 29.8 Å². The van der Waals surface area contributed by atoms with Gasteiger partial charge in [0.2, 0.25) is 0 Å². The number of carbonyl (C=O) groups excluding carboxylic acids is 1. The van der Waals surface area contributed by atoms with Crippen molar-refractivity contribution < 1.29 is 9.53 Å². The third-order valence-corrected chi connectivity index (χ3v) is 5.82. The second kappa shape index (κ2) is 10.9. The van der Waals surface area contributed by atoms with Crippen LogP contribution >= 0.6 is 0 Å². The predicted octanol–water partition coefficient (Wildman–Crippen LogP) is 3.30. The summed E-state index contributed by atoms with van der Waals surface area (Å²) in [7, 11) is 1.64. The Hall–Kier alpha value is -3.22. The van der Waals surface area contributed by atoms with Crippen molar-refractivity contribution in [2.45, 2.75) is 6.54 Å². The first-order valence-electron chi connectivity index (χ1n) is 11.1. The van der Waals surface area contributed by atoms with Crippen molar-refractivity contribution in [2.75, 3.05) is 46.4 Å². The number of amides is 1. The van der Waals surface area contributed by atoms with Crippen molar-refractivity contribution in [1.29, 1.82) is 0 Å². The number of nitrogens with zero attached hydrogens (tertiary/aromatic N) is 3. The van der Waals surface area contributed by atoms with Crippen LogP contribution in [0.2, 0.25) is 0 Å². The highest BCUT2D eigenvalue weighted by atomic mass is 16.5. The fraction of sp³-hybridized carbons (Fsp3) is 0.308. The summed E-state index contributed by atoms with van der Waals surface area (Å²) in [6.07, 6.45) is 1.63. The van der Waals surface area contributed by atoms with Gasteiger partial charge in [0.1, 0.15) is 5.75 Å². The molecule has 6 nitrogen and oxygen atoms in total. The molecule has 1 aromatic heterocycles. The highest BCUT2D eigenvalue weighted by Gasteiger charge is 2.17. The lowest BCUT2D eigenvalue weighted by Crippen LogP contribution is -2.48. The average molecular weight is 431 g/mol. The minimum absolute atomic E-state index is 0.0857. The second-order valence-electron chi connectivity index (χ2n) is 8.02. The zero-order chi connectivity index (χ0) is 22.2. The fourth-order valence-corrected chi connectivity index (χ4v) is 3.92. The van der Waals surface area contributed by atoms with E-state index >= 15 is 0 Å². The van der Waals surface area contributed by atoms with Crippen LogP contribution < -0.4 is 10.1 Å². The molecule has 166 valence electrons. The Bertz CT molecular complexity index is 1000. The van der Waals surface area contributed by atoms with Gasteiger partial charge < -0.3 is 10.1 Å². The van der Waals surface area contributed by atoms with Crippen molar-refractivity contribution in [3.8, 4) is 17.0 Å². The van der Waals surface area contributed by atoms with E-state index < -0.39 is 0 Å². The van der Waals surface area contributed by atoms with E-state index in [2.05, 4.69) is 50.4 Å². The molecule has 32 heavy (non-hydrogen) atoms. The Kier molecular flexibility index (Phi) is 7.48. The fourth-order valence-electron chi connectivity index (χ4n) is 3.92. The number of nitrogens with one attached hydrogen (secondary N) is 1. The van der Waals surface area contributed by atoms with Crippen LogP contribution in [0.15, 0.2) is 72.9 Å². The van der Waals surface area contributed by atoms with Gasteiger partial charge in [0.25, 0.3) is 5.91 Å². The Morgan fingerprint density at radius 2 is 1.75 bits per heavy atom. The molecule has 0 unspecified atom stereocenters. The number of aromatic nitrogens is 1. The van der Waals surface area contributed by atoms with Crippen molar-refractivity contribution in [3.63, 3.8) is 0 Å². The monoisotopic (exact) mass is 430 g/mol. The van der Waals surface area contributed by atoms with Gasteiger partial charge in [-0.3, -0.25) is 19.6 Å². The molecule has 2 aromatic carbocycles. The highest BCUT2D eigenvalue weighted by molar-refractivity contribution is 5.94. The summed E-state index contributed by atoms with van der Waals surface area (Å²) in [5.74, 6) is 0.699. The van der Waals surface area contributed by atoms with Gasteiger partial charge in [0, 0.05) is 57.6 Å². The molecule has 6 heteroatoms. The van der Waals surface area contributed by atoms with Gasteiger partial charge in [0.15, 0.2) is 0 Å². The van der Waals surface area contributed by atoms with Crippen molar-refractivity contribution >= 4 is 5.91 Å². The Labute approximate surface area is 189 Å². The average Bonchev–Trinajstić information content (AvgIpc) is 2.86. The molecule has 1 amide bonds. The normalized spacial score (nSPS) is 14.8. The number of carbonyl (C=O) groups is 1. The molecule has 0 spiro atoms. The molecule has 0 saturated carbocycles. The zero-order valence-corrected chi connectivity index (χ0v) is 18.5. The van der Waals surface area contributed by atoms with Gasteiger partial charge in [-0.1, -0.05) is 42.5 Å². The number of piperazine rings is 1. The van der Waals surface area contributed by atoms with Gasteiger partial charge >= 0.3 is 0 Å². The lowest BCUT2D eigenvalue weighted by atomic mass is 10.1. The number of pyridine rings is 1. The molecule has 0 atom stereocenters. The van der Waals surface area contributed by atoms with Crippen LogP contribution in [-0.4, -0.2) is 67.1 Å². The van der Waals surface area contributed by atoms with E-state index in [9.17, 15) is 4.79 Å². The number of hydrogen-bond donors (Lipinski definition) is 1. The van der Waals surface area contributed by atoms with Gasteiger partial charge in [-0.25, -0.2) is 0 Å². The molecular weight excluding hydrogens is 400 g/mol. The number of hydrogen-bond acceptors (Lipinski definition) is 5. The van der Waals surface area contributed by atoms with Gasteiger partial charge in [-0.15, -0.1) is 0 Å². The number of rotatable bonds is 8. The van der Waals surface area contributed by atoms with E-state index in [1.807, 2.05) is 36.4 Å². The molecule has 2 heterocycles. The molecule has 1 N–H and O–H groups in total. The maximum absolute atomic E-state index is 12.5. The van der Waals surface area contributed by atoms with Gasteiger partial charge in [0.05, 0.1) is 18.4 Å². The lowest BCUT2D eigenvalue weighted by molar-refractivity contribution is 0.0934. The summed E-state index contributed by atoms with van der Waals surface area (Å²) in [4.78, 5) is 21.8. The largest absolute Gasteiger partial charge is 0.497 e. The van der Waals surface area contributed by atoms with Crippen molar-refractivity contribution in [2.24, 2.45) is 0 Å². The highest BCUT2D eigenvalue weighted by Crippen LogP contribution is 2.22. The molecule has 4 rings (SSSR count). The minimum atomic E-state index is -0.0857. The van der Waals surface area contributed by atoms with Crippen LogP contribution in [0.25, 0.3) is 11.3 Å². The molecule has 0 aliphatic carbocycles. The second-order valence-corrected chi connectivity index (χ2v) is 8.02. The zero-order valence-electron chi connectivity index (χ0n) is 18.5. The van der Waals surface area contributed by atoms with E-state index in [4.69, 9.17) is 4.74 Å². The molecule has 0 radical (unpaired) electrons. The van der Waals surface area contributed by atoms with E-state index in [0.29, 0.717) is 12.1 Å². The summed E-state index contributed by atoms with van der Waals surface area (Å²) >= 11 is 0. The number of benzene rings is 2. The minimum Gasteiger partial charge on any atom is -0.497 e. The predicted molar refractivity (Wildman–Crippen MR) is 127 cm³/mol. The first kappa shape index (κ1) is 22.0. The lowest BCUT2D eigenvalue weighted by Gasteiger charge is -2.34. The van der Waals surface area contributed by atoms with E-state index in [0.717, 1.165) is 56.3 Å². The van der Waals surface area contributed by atoms with Crippen LogP contribution in [0, 0.1) is 0 Å². The molecule has 1 saturated heterocycles. The molecule has 1 aliphatic heterocycles. The first-order chi connectivity index (χ1) is 15.7. The van der Waals surface area contributed by atoms with Gasteiger partial charge in [-0.2, -0.15) is 0 Å². The molecule has 3 aromatic rings. The summed E-state index contributed by atoms with van der Waals surface area (Å²) < 4.78 is 5.27. The Morgan fingerprint density at radius 1 is 0.969 bits per heavy atom. The number of methoxy groups -OCH3 is 1. The van der Waals surface area contributed by atoms with Crippen LogP contribution in [0.3, 0.4) is 0 Å². The Morgan fingerprint density at radius 3 is 2.47 bits per heavy atom. The van der Waals surface area contributed by atoms with Crippen LogP contribution in [-0.2, 0) is 6.54 Å². The number of ether oxygens (including phenoxy) is 1. The van der Waals surface area contributed by atoms with Crippen LogP contribution in [0.5, 0.6) is 5.75 Å². The van der Waals surface area contributed by atoms with Crippen molar-refractivity contribution in [3.05, 3.63) is 84.1 Å².